The molecule has 0 atom stereocenters. The van der Waals surface area contributed by atoms with Crippen LogP contribution < -0.4 is 0 Å². The number of hydrogen-bond acceptors (Lipinski definition) is 2. The highest BCUT2D eigenvalue weighted by molar-refractivity contribution is 4.65. The van der Waals surface area contributed by atoms with E-state index in [2.05, 4.69) is 30.7 Å². The van der Waals surface area contributed by atoms with Crippen molar-refractivity contribution in [2.24, 2.45) is 0 Å². The minimum absolute atomic E-state index is 0.727. The van der Waals surface area contributed by atoms with Crippen molar-refractivity contribution >= 4 is 0 Å². The Balaban J connectivity index is 2.30. The van der Waals surface area contributed by atoms with Crippen molar-refractivity contribution in [2.75, 3.05) is 33.2 Å². The van der Waals surface area contributed by atoms with E-state index in [4.69, 9.17) is 0 Å². The smallest absolute Gasteiger partial charge is 0.00385 e. The molecule has 1 heterocycles. The highest BCUT2D eigenvalue weighted by Gasteiger charge is 2.09. The molecule has 0 saturated carbocycles. The molecule has 0 spiro atoms. The van der Waals surface area contributed by atoms with Gasteiger partial charge in [-0.3, -0.25) is 0 Å². The van der Waals surface area contributed by atoms with Gasteiger partial charge in [0.25, 0.3) is 0 Å². The fraction of sp³-hybridized carbons (Fsp3) is 1.00. The molecule has 2 nitrogen and oxygen atoms in total. The van der Waals surface area contributed by atoms with Gasteiger partial charge in [-0.2, -0.15) is 0 Å². The normalized spacial score (nSPS) is 24.0. The number of rotatable bonds is 1. The monoisotopic (exact) mass is 226 g/mol. The summed E-state index contributed by atoms with van der Waals surface area (Å²) in [5.41, 5.74) is 0. The minimum Gasteiger partial charge on any atom is -0.306 e. The van der Waals surface area contributed by atoms with Gasteiger partial charge in [-0.1, -0.05) is 12.8 Å². The molecule has 16 heavy (non-hydrogen) atoms. The standard InChI is InChI=1S/C14H30N2/c1-14(2)16-12-8-4-6-10-15(3)11-7-5-9-13-16/h14H,4-13H2,1-3H3. The number of nitrogens with zero attached hydrogens (tertiary/aromatic N) is 2. The van der Waals surface area contributed by atoms with Gasteiger partial charge in [0.2, 0.25) is 0 Å². The lowest BCUT2D eigenvalue weighted by Gasteiger charge is -2.27. The van der Waals surface area contributed by atoms with E-state index in [1.165, 1.54) is 64.7 Å². The van der Waals surface area contributed by atoms with Crippen molar-refractivity contribution < 1.29 is 0 Å². The topological polar surface area (TPSA) is 6.48 Å². The second-order valence-electron chi connectivity index (χ2n) is 5.55. The maximum absolute atomic E-state index is 2.66. The van der Waals surface area contributed by atoms with E-state index in [-0.39, 0.29) is 0 Å². The second kappa shape index (κ2) is 8.08. The van der Waals surface area contributed by atoms with E-state index in [0.29, 0.717) is 0 Å². The van der Waals surface area contributed by atoms with E-state index >= 15 is 0 Å². The molecule has 0 unspecified atom stereocenters. The molecule has 0 aromatic heterocycles. The van der Waals surface area contributed by atoms with Crippen LogP contribution in [0.3, 0.4) is 0 Å². The molecule has 1 saturated heterocycles. The first-order valence-corrected chi connectivity index (χ1v) is 7.13. The van der Waals surface area contributed by atoms with Crippen molar-refractivity contribution in [3.05, 3.63) is 0 Å². The van der Waals surface area contributed by atoms with Crippen LogP contribution in [0.2, 0.25) is 0 Å². The molecule has 0 aromatic rings. The molecular formula is C14H30N2. The SMILES string of the molecule is CC(C)N1CCCCCN(C)CCCCC1. The molecule has 1 rings (SSSR count). The maximum atomic E-state index is 2.66. The van der Waals surface area contributed by atoms with Crippen LogP contribution in [-0.4, -0.2) is 49.1 Å². The molecule has 0 amide bonds. The van der Waals surface area contributed by atoms with Crippen molar-refractivity contribution in [2.45, 2.75) is 58.4 Å². The van der Waals surface area contributed by atoms with Gasteiger partial charge in [0.15, 0.2) is 0 Å². The van der Waals surface area contributed by atoms with Gasteiger partial charge in [-0.15, -0.1) is 0 Å². The molecule has 0 bridgehead atoms. The summed E-state index contributed by atoms with van der Waals surface area (Å²) in [5, 5.41) is 0. The van der Waals surface area contributed by atoms with Gasteiger partial charge in [-0.25, -0.2) is 0 Å². The van der Waals surface area contributed by atoms with Crippen LogP contribution in [0.5, 0.6) is 0 Å². The van der Waals surface area contributed by atoms with Gasteiger partial charge < -0.3 is 9.80 Å². The Morgan fingerprint density at radius 2 is 1.12 bits per heavy atom. The van der Waals surface area contributed by atoms with Crippen LogP contribution in [0, 0.1) is 0 Å². The third-order valence-corrected chi connectivity index (χ3v) is 3.70. The first kappa shape index (κ1) is 14.0. The summed E-state index contributed by atoms with van der Waals surface area (Å²) in [7, 11) is 2.27. The first-order chi connectivity index (χ1) is 7.70. The predicted octanol–water partition coefficient (Wildman–Crippen LogP) is 2.98. The van der Waals surface area contributed by atoms with Gasteiger partial charge in [0, 0.05) is 6.04 Å². The quantitative estimate of drug-likeness (QED) is 0.678. The molecule has 2 heteroatoms. The summed E-state index contributed by atoms with van der Waals surface area (Å²) in [6, 6.07) is 0.727. The lowest BCUT2D eigenvalue weighted by Crippen LogP contribution is -2.33. The van der Waals surface area contributed by atoms with E-state index in [1.54, 1.807) is 0 Å². The molecule has 1 fully saturated rings. The molecule has 0 aromatic carbocycles. The Hall–Kier alpha value is -0.0800. The second-order valence-corrected chi connectivity index (χ2v) is 5.55. The highest BCUT2D eigenvalue weighted by atomic mass is 15.1. The molecule has 0 N–H and O–H groups in total. The zero-order valence-electron chi connectivity index (χ0n) is 11.5. The lowest BCUT2D eigenvalue weighted by atomic mass is 10.1. The minimum atomic E-state index is 0.727. The largest absolute Gasteiger partial charge is 0.306 e. The van der Waals surface area contributed by atoms with Gasteiger partial charge in [0.1, 0.15) is 0 Å². The summed E-state index contributed by atoms with van der Waals surface area (Å²) in [6.45, 7) is 9.87. The third kappa shape index (κ3) is 5.86. The summed E-state index contributed by atoms with van der Waals surface area (Å²) >= 11 is 0. The fourth-order valence-corrected chi connectivity index (χ4v) is 2.49. The Labute approximate surface area is 102 Å². The zero-order valence-corrected chi connectivity index (χ0v) is 11.5. The Morgan fingerprint density at radius 3 is 1.56 bits per heavy atom. The molecule has 0 aliphatic carbocycles. The summed E-state index contributed by atoms with van der Waals surface area (Å²) in [4.78, 5) is 5.16. The lowest BCUT2D eigenvalue weighted by molar-refractivity contribution is 0.204. The summed E-state index contributed by atoms with van der Waals surface area (Å²) in [5.74, 6) is 0. The predicted molar refractivity (Wildman–Crippen MR) is 71.9 cm³/mol. The van der Waals surface area contributed by atoms with Crippen LogP contribution in [-0.2, 0) is 0 Å². The maximum Gasteiger partial charge on any atom is 0.00385 e. The summed E-state index contributed by atoms with van der Waals surface area (Å²) in [6.07, 6.45) is 8.31. The van der Waals surface area contributed by atoms with E-state index < -0.39 is 0 Å². The van der Waals surface area contributed by atoms with Crippen molar-refractivity contribution in [1.82, 2.24) is 9.80 Å². The van der Waals surface area contributed by atoms with Crippen LogP contribution in [0.1, 0.15) is 52.4 Å². The molecule has 1 aliphatic rings. The molecular weight excluding hydrogens is 196 g/mol. The van der Waals surface area contributed by atoms with Crippen molar-refractivity contribution in [1.29, 1.82) is 0 Å². The zero-order chi connectivity index (χ0) is 11.8. The van der Waals surface area contributed by atoms with Crippen molar-refractivity contribution in [3.63, 3.8) is 0 Å². The average Bonchev–Trinajstić information content (AvgIpc) is 2.22. The number of hydrogen-bond donors (Lipinski definition) is 0. The molecule has 0 radical (unpaired) electrons. The first-order valence-electron chi connectivity index (χ1n) is 7.13. The van der Waals surface area contributed by atoms with Crippen LogP contribution >= 0.6 is 0 Å². The van der Waals surface area contributed by atoms with Gasteiger partial charge in [-0.05, 0) is 72.8 Å². The molecule has 96 valence electrons. The Morgan fingerprint density at radius 1 is 0.688 bits per heavy atom. The van der Waals surface area contributed by atoms with Crippen LogP contribution in [0.15, 0.2) is 0 Å². The van der Waals surface area contributed by atoms with Gasteiger partial charge >= 0.3 is 0 Å². The van der Waals surface area contributed by atoms with Gasteiger partial charge in [0.05, 0.1) is 0 Å². The van der Waals surface area contributed by atoms with E-state index in [9.17, 15) is 0 Å². The fourth-order valence-electron chi connectivity index (χ4n) is 2.49. The van der Waals surface area contributed by atoms with E-state index in [1.807, 2.05) is 0 Å². The Kier molecular flexibility index (Phi) is 7.06. The van der Waals surface area contributed by atoms with Crippen molar-refractivity contribution in [3.8, 4) is 0 Å². The van der Waals surface area contributed by atoms with E-state index in [0.717, 1.165) is 6.04 Å². The van der Waals surface area contributed by atoms with Crippen LogP contribution in [0.25, 0.3) is 0 Å². The third-order valence-electron chi connectivity index (χ3n) is 3.70. The highest BCUT2D eigenvalue weighted by Crippen LogP contribution is 2.09. The molecule has 1 aliphatic heterocycles. The Bertz CT molecular complexity index is 154. The summed E-state index contributed by atoms with van der Waals surface area (Å²) < 4.78 is 0. The van der Waals surface area contributed by atoms with Crippen LogP contribution in [0.4, 0.5) is 0 Å². The average molecular weight is 226 g/mol.